The number of carbonyl (C=O) groups excluding carboxylic acids is 1. The van der Waals surface area contributed by atoms with Gasteiger partial charge in [-0.25, -0.2) is 9.48 Å². The molecule has 1 atom stereocenters. The molecule has 8 rings (SSSR count). The Bertz CT molecular complexity index is 1830. The average Bonchev–Trinajstić information content (AvgIpc) is 3.83. The lowest BCUT2D eigenvalue weighted by molar-refractivity contribution is -0.124. The van der Waals surface area contributed by atoms with Crippen LogP contribution in [-0.4, -0.2) is 77.7 Å². The maximum absolute atomic E-state index is 14.0. The Balaban J connectivity index is 1.34. The number of benzene rings is 4. The monoisotopic (exact) mass is 627 g/mol. The predicted molar refractivity (Wildman–Crippen MR) is 181 cm³/mol. The summed E-state index contributed by atoms with van der Waals surface area (Å²) in [5.74, 6) is 0.865. The smallest absolute Gasteiger partial charge is 0.407 e. The third-order valence-electron chi connectivity index (χ3n) is 10.3. The number of morpholine rings is 1. The highest BCUT2D eigenvalue weighted by Gasteiger charge is 2.52. The number of hydrogen-bond acceptors (Lipinski definition) is 5. The molecule has 4 heterocycles. The number of anilines is 2. The summed E-state index contributed by atoms with van der Waals surface area (Å²) >= 11 is 0. The minimum Gasteiger partial charge on any atom is -0.465 e. The molecule has 0 radical (unpaired) electrons. The lowest BCUT2D eigenvalue weighted by Crippen LogP contribution is -2.40. The fourth-order valence-electron chi connectivity index (χ4n) is 7.91. The molecule has 1 N–H and O–H groups in total. The molecular formula is C38H37N5O4. The summed E-state index contributed by atoms with van der Waals surface area (Å²) in [6.07, 6.45) is 0.236. The van der Waals surface area contributed by atoms with E-state index in [1.165, 1.54) is 4.90 Å². The maximum Gasteiger partial charge on any atom is 0.407 e. The standard InChI is InChI=1S/C38H37N5O4/c44-35-37(18-20-41(27-37)36(45)46)19-21-42(35)31-16-17-33-32(26-31)34(40-22-24-47-25-23-40)39-43(33)38(28-10-4-1-5-11-28,29-12-6-2-7-13-29)30-14-8-3-9-15-30/h1-17,26H,18-25,27H2,(H,45,46). The highest BCUT2D eigenvalue weighted by molar-refractivity contribution is 6.03. The molecule has 0 aliphatic carbocycles. The minimum absolute atomic E-state index is 0.00752. The molecule has 3 saturated heterocycles. The van der Waals surface area contributed by atoms with E-state index in [0.29, 0.717) is 52.2 Å². The van der Waals surface area contributed by atoms with Crippen molar-refractivity contribution in [3.63, 3.8) is 0 Å². The number of amides is 2. The van der Waals surface area contributed by atoms with Gasteiger partial charge in [0, 0.05) is 43.8 Å². The van der Waals surface area contributed by atoms with E-state index >= 15 is 0 Å². The molecule has 238 valence electrons. The Morgan fingerprint density at radius 2 is 1.34 bits per heavy atom. The van der Waals surface area contributed by atoms with Crippen LogP contribution in [0.4, 0.5) is 16.3 Å². The number of fused-ring (bicyclic) bond motifs is 1. The first kappa shape index (κ1) is 29.3. The van der Waals surface area contributed by atoms with Crippen LogP contribution in [0.15, 0.2) is 109 Å². The van der Waals surface area contributed by atoms with Gasteiger partial charge in [-0.1, -0.05) is 91.0 Å². The van der Waals surface area contributed by atoms with Crippen LogP contribution in [-0.2, 0) is 15.1 Å². The van der Waals surface area contributed by atoms with E-state index in [0.717, 1.165) is 39.1 Å². The molecule has 0 saturated carbocycles. The first-order valence-corrected chi connectivity index (χ1v) is 16.3. The number of carbonyl (C=O) groups is 2. The van der Waals surface area contributed by atoms with Crippen molar-refractivity contribution in [3.8, 4) is 0 Å². The lowest BCUT2D eigenvalue weighted by Gasteiger charge is -2.37. The predicted octanol–water partition coefficient (Wildman–Crippen LogP) is 5.82. The van der Waals surface area contributed by atoms with Crippen LogP contribution < -0.4 is 9.80 Å². The van der Waals surface area contributed by atoms with Crippen molar-refractivity contribution in [1.29, 1.82) is 0 Å². The minimum atomic E-state index is -0.962. The highest BCUT2D eigenvalue weighted by Crippen LogP contribution is 2.46. The van der Waals surface area contributed by atoms with E-state index in [2.05, 4.69) is 94.5 Å². The van der Waals surface area contributed by atoms with Crippen molar-refractivity contribution >= 4 is 34.4 Å². The summed E-state index contributed by atoms with van der Waals surface area (Å²) < 4.78 is 7.91. The van der Waals surface area contributed by atoms with Gasteiger partial charge in [0.05, 0.1) is 24.1 Å². The van der Waals surface area contributed by atoms with Gasteiger partial charge in [-0.3, -0.25) is 4.79 Å². The SMILES string of the molecule is O=C(O)N1CCC2(CCN(c3ccc4c(c3)c(N3CCOCC3)nn4C(c3ccccc3)(c3ccccc3)c3ccccc3)C2=O)C1. The van der Waals surface area contributed by atoms with Gasteiger partial charge in [0.2, 0.25) is 5.91 Å². The van der Waals surface area contributed by atoms with Crippen LogP contribution in [0.2, 0.25) is 0 Å². The van der Waals surface area contributed by atoms with Crippen LogP contribution in [0.5, 0.6) is 0 Å². The van der Waals surface area contributed by atoms with E-state index in [9.17, 15) is 14.7 Å². The van der Waals surface area contributed by atoms with Crippen LogP contribution in [0, 0.1) is 5.41 Å². The first-order valence-electron chi connectivity index (χ1n) is 16.3. The van der Waals surface area contributed by atoms with E-state index < -0.39 is 17.0 Å². The first-order chi connectivity index (χ1) is 23.0. The quantitative estimate of drug-likeness (QED) is 0.239. The summed E-state index contributed by atoms with van der Waals surface area (Å²) in [6.45, 7) is 3.85. The van der Waals surface area contributed by atoms with Gasteiger partial charge >= 0.3 is 6.09 Å². The van der Waals surface area contributed by atoms with Gasteiger partial charge in [-0.2, -0.15) is 5.10 Å². The summed E-state index contributed by atoms with van der Waals surface area (Å²) in [7, 11) is 0. The number of ether oxygens (including phenoxy) is 1. The number of rotatable bonds is 6. The maximum atomic E-state index is 14.0. The van der Waals surface area contributed by atoms with Crippen LogP contribution in [0.3, 0.4) is 0 Å². The topological polar surface area (TPSA) is 91.1 Å². The largest absolute Gasteiger partial charge is 0.465 e. The second-order valence-electron chi connectivity index (χ2n) is 12.8. The zero-order valence-corrected chi connectivity index (χ0v) is 26.2. The lowest BCUT2D eigenvalue weighted by atomic mass is 9.77. The second kappa shape index (κ2) is 11.6. The molecule has 47 heavy (non-hydrogen) atoms. The summed E-state index contributed by atoms with van der Waals surface area (Å²) in [4.78, 5) is 31.2. The molecule has 9 nitrogen and oxygen atoms in total. The molecule has 1 unspecified atom stereocenters. The van der Waals surface area contributed by atoms with Crippen LogP contribution in [0.1, 0.15) is 29.5 Å². The molecule has 4 aromatic carbocycles. The van der Waals surface area contributed by atoms with Crippen molar-refractivity contribution in [2.75, 3.05) is 55.7 Å². The fraction of sp³-hybridized carbons (Fsp3) is 0.289. The zero-order valence-electron chi connectivity index (χ0n) is 26.2. The van der Waals surface area contributed by atoms with Gasteiger partial charge in [0.15, 0.2) is 5.82 Å². The van der Waals surface area contributed by atoms with Crippen molar-refractivity contribution in [2.24, 2.45) is 5.41 Å². The second-order valence-corrected chi connectivity index (χ2v) is 12.8. The van der Waals surface area contributed by atoms with Crippen molar-refractivity contribution in [1.82, 2.24) is 14.7 Å². The Labute approximate surface area is 273 Å². The van der Waals surface area contributed by atoms with Crippen molar-refractivity contribution in [2.45, 2.75) is 18.4 Å². The van der Waals surface area contributed by atoms with E-state index in [4.69, 9.17) is 9.84 Å². The van der Waals surface area contributed by atoms with Gasteiger partial charge in [-0.15, -0.1) is 0 Å². The molecule has 3 fully saturated rings. The van der Waals surface area contributed by atoms with Crippen LogP contribution in [0.25, 0.3) is 10.9 Å². The molecule has 1 spiro atoms. The summed E-state index contributed by atoms with van der Waals surface area (Å²) in [5, 5.41) is 16.1. The third-order valence-corrected chi connectivity index (χ3v) is 10.3. The summed E-state index contributed by atoms with van der Waals surface area (Å²) in [5.41, 5.74) is 3.55. The fourth-order valence-corrected chi connectivity index (χ4v) is 7.91. The highest BCUT2D eigenvalue weighted by atomic mass is 16.5. The Hall–Kier alpha value is -5.15. The average molecular weight is 628 g/mol. The molecule has 9 heteroatoms. The van der Waals surface area contributed by atoms with Crippen molar-refractivity contribution in [3.05, 3.63) is 126 Å². The molecule has 3 aliphatic heterocycles. The molecule has 3 aliphatic rings. The number of nitrogens with zero attached hydrogens (tertiary/aromatic N) is 5. The number of hydrogen-bond donors (Lipinski definition) is 1. The number of aromatic nitrogens is 2. The zero-order chi connectivity index (χ0) is 32.0. The van der Waals surface area contributed by atoms with Gasteiger partial charge < -0.3 is 24.5 Å². The Morgan fingerprint density at radius 3 is 1.89 bits per heavy atom. The third kappa shape index (κ3) is 4.67. The van der Waals surface area contributed by atoms with Gasteiger partial charge in [0.1, 0.15) is 5.54 Å². The van der Waals surface area contributed by atoms with Gasteiger partial charge in [0.25, 0.3) is 0 Å². The van der Waals surface area contributed by atoms with Crippen molar-refractivity contribution < 1.29 is 19.4 Å². The molecule has 2 amide bonds. The molecule has 5 aromatic rings. The van der Waals surface area contributed by atoms with E-state index in [1.54, 1.807) is 0 Å². The Kier molecular flexibility index (Phi) is 7.21. The van der Waals surface area contributed by atoms with Gasteiger partial charge in [-0.05, 0) is 47.7 Å². The molecule has 1 aromatic heterocycles. The number of likely N-dealkylation sites (tertiary alicyclic amines) is 1. The summed E-state index contributed by atoms with van der Waals surface area (Å²) in [6, 6.07) is 37.8. The van der Waals surface area contributed by atoms with E-state index in [1.807, 2.05) is 29.2 Å². The molecule has 0 bridgehead atoms. The normalized spacial score (nSPS) is 20.1. The van der Waals surface area contributed by atoms with E-state index in [-0.39, 0.29) is 12.5 Å². The molecular weight excluding hydrogens is 590 g/mol. The number of carboxylic acid groups (broad SMARTS) is 1. The Morgan fingerprint density at radius 1 is 0.766 bits per heavy atom. The van der Waals surface area contributed by atoms with Crippen LogP contribution >= 0.6 is 0 Å².